The van der Waals surface area contributed by atoms with Crippen LogP contribution in [0.5, 0.6) is 0 Å². The number of hydrogen-bond donors (Lipinski definition) is 1. The minimum absolute atomic E-state index is 0.0910. The third-order valence-electron chi connectivity index (χ3n) is 4.25. The van der Waals surface area contributed by atoms with Gasteiger partial charge in [-0.2, -0.15) is 0 Å². The van der Waals surface area contributed by atoms with E-state index in [1.165, 1.54) is 14.2 Å². The van der Waals surface area contributed by atoms with Crippen molar-refractivity contribution in [1.82, 2.24) is 4.90 Å². The Bertz CT molecular complexity index is 831. The Morgan fingerprint density at radius 3 is 2.26 bits per heavy atom. The molecule has 1 fully saturated rings. The van der Waals surface area contributed by atoms with Gasteiger partial charge in [0.15, 0.2) is 9.84 Å². The van der Waals surface area contributed by atoms with E-state index in [2.05, 4.69) is 5.32 Å². The van der Waals surface area contributed by atoms with E-state index in [9.17, 15) is 22.8 Å². The van der Waals surface area contributed by atoms with E-state index in [0.29, 0.717) is 25.2 Å². The van der Waals surface area contributed by atoms with Crippen molar-refractivity contribution >= 4 is 44.0 Å². The second-order valence-electron chi connectivity index (χ2n) is 6.04. The predicted octanol–water partition coefficient (Wildman–Crippen LogP) is 0.689. The Hall–Kier alpha value is -1.98. The number of amides is 1. The molecule has 2 heterocycles. The Labute approximate surface area is 161 Å². The minimum atomic E-state index is -2.97. The van der Waals surface area contributed by atoms with Gasteiger partial charge in [-0.15, -0.1) is 11.3 Å². The molecule has 0 saturated carbocycles. The molecule has 0 unspecified atom stereocenters. The van der Waals surface area contributed by atoms with Crippen LogP contribution in [0.4, 0.5) is 5.00 Å². The number of hydrogen-bond acceptors (Lipinski definition) is 9. The molecule has 1 N–H and O–H groups in total. The van der Waals surface area contributed by atoms with Gasteiger partial charge in [-0.3, -0.25) is 4.79 Å². The maximum atomic E-state index is 12.3. The van der Waals surface area contributed by atoms with Crippen LogP contribution in [0.15, 0.2) is 0 Å². The van der Waals surface area contributed by atoms with Crippen LogP contribution in [0.25, 0.3) is 0 Å². The Kier molecular flexibility index (Phi) is 6.95. The first kappa shape index (κ1) is 21.3. The highest BCUT2D eigenvalue weighted by molar-refractivity contribution is 7.91. The number of esters is 2. The van der Waals surface area contributed by atoms with E-state index >= 15 is 0 Å². The fourth-order valence-electron chi connectivity index (χ4n) is 2.66. The van der Waals surface area contributed by atoms with E-state index in [1.54, 1.807) is 6.92 Å². The summed E-state index contributed by atoms with van der Waals surface area (Å²) in [5, 5.41) is 2.88. The van der Waals surface area contributed by atoms with Crippen LogP contribution >= 0.6 is 11.3 Å². The summed E-state index contributed by atoms with van der Waals surface area (Å²) >= 11 is 0.952. The van der Waals surface area contributed by atoms with Gasteiger partial charge in [-0.25, -0.2) is 18.0 Å². The van der Waals surface area contributed by atoms with Crippen molar-refractivity contribution in [1.29, 1.82) is 0 Å². The molecule has 0 spiro atoms. The quantitative estimate of drug-likeness (QED) is 0.670. The summed E-state index contributed by atoms with van der Waals surface area (Å²) in [5.41, 5.74) is 0.510. The van der Waals surface area contributed by atoms with Gasteiger partial charge in [0.2, 0.25) is 5.91 Å². The third-order valence-corrected chi connectivity index (χ3v) is 7.05. The van der Waals surface area contributed by atoms with Gasteiger partial charge in [0.05, 0.1) is 31.3 Å². The van der Waals surface area contributed by atoms with E-state index in [4.69, 9.17) is 9.47 Å². The zero-order valence-electron chi connectivity index (χ0n) is 15.4. The van der Waals surface area contributed by atoms with Crippen LogP contribution < -0.4 is 5.32 Å². The Morgan fingerprint density at radius 1 is 1.11 bits per heavy atom. The van der Waals surface area contributed by atoms with Gasteiger partial charge in [0.1, 0.15) is 9.88 Å². The fraction of sp³-hybridized carbons (Fsp3) is 0.562. The van der Waals surface area contributed by atoms with Crippen molar-refractivity contribution in [2.24, 2.45) is 0 Å². The highest BCUT2D eigenvalue weighted by Gasteiger charge is 2.27. The maximum absolute atomic E-state index is 12.3. The van der Waals surface area contributed by atoms with Crippen molar-refractivity contribution in [2.75, 3.05) is 50.7 Å². The number of nitrogens with zero attached hydrogens (tertiary/aromatic N) is 1. The van der Waals surface area contributed by atoms with Gasteiger partial charge in [-0.05, 0) is 12.5 Å². The predicted molar refractivity (Wildman–Crippen MR) is 100 cm³/mol. The number of methoxy groups -OCH3 is 2. The molecule has 0 atom stereocenters. The molecule has 2 rings (SSSR count). The molecule has 0 bridgehead atoms. The average molecular weight is 418 g/mol. The topological polar surface area (TPSA) is 119 Å². The van der Waals surface area contributed by atoms with Crippen LogP contribution in [0.3, 0.4) is 0 Å². The lowest BCUT2D eigenvalue weighted by Crippen LogP contribution is -2.41. The molecule has 150 valence electrons. The Morgan fingerprint density at radius 2 is 1.70 bits per heavy atom. The average Bonchev–Trinajstić information content (AvgIpc) is 2.95. The van der Waals surface area contributed by atoms with E-state index < -0.39 is 21.8 Å². The molecule has 11 heteroatoms. The lowest BCUT2D eigenvalue weighted by Gasteiger charge is -2.26. The molecular formula is C16H22N2O7S2. The van der Waals surface area contributed by atoms with Crippen LogP contribution in [0, 0.1) is 6.92 Å². The van der Waals surface area contributed by atoms with Crippen molar-refractivity contribution in [3.05, 3.63) is 16.0 Å². The highest BCUT2D eigenvalue weighted by atomic mass is 32.2. The molecule has 27 heavy (non-hydrogen) atoms. The van der Waals surface area contributed by atoms with Gasteiger partial charge in [-0.1, -0.05) is 0 Å². The summed E-state index contributed by atoms with van der Waals surface area (Å²) in [6.45, 7) is 2.78. The summed E-state index contributed by atoms with van der Waals surface area (Å²) in [4.78, 5) is 38.3. The smallest absolute Gasteiger partial charge is 0.348 e. The lowest BCUT2D eigenvalue weighted by molar-refractivity contribution is -0.116. The number of sulfone groups is 1. The van der Waals surface area contributed by atoms with Crippen LogP contribution in [-0.2, 0) is 24.1 Å². The molecule has 1 aliphatic heterocycles. The number of carbonyl (C=O) groups excluding carboxylic acids is 3. The standard InChI is InChI=1S/C16H22N2O7S2/c1-10-12(15(20)24-2)14(26-13(10)16(21)25-3)17-11(19)4-5-18-6-8-27(22,23)9-7-18/h4-9H2,1-3H3,(H,17,19). The first-order valence-electron chi connectivity index (χ1n) is 8.21. The molecule has 9 nitrogen and oxygen atoms in total. The molecule has 0 aromatic carbocycles. The monoisotopic (exact) mass is 418 g/mol. The minimum Gasteiger partial charge on any atom is -0.465 e. The van der Waals surface area contributed by atoms with E-state index in [1.807, 2.05) is 4.90 Å². The Balaban J connectivity index is 2.06. The normalized spacial score (nSPS) is 16.6. The van der Waals surface area contributed by atoms with Crippen LogP contribution in [0.1, 0.15) is 32.0 Å². The van der Waals surface area contributed by atoms with Gasteiger partial charge in [0.25, 0.3) is 0 Å². The molecule has 1 saturated heterocycles. The number of carbonyl (C=O) groups is 3. The summed E-state index contributed by atoms with van der Waals surface area (Å²) in [7, 11) is -0.521. The molecule has 1 amide bonds. The maximum Gasteiger partial charge on any atom is 0.348 e. The first-order chi connectivity index (χ1) is 12.7. The van der Waals surface area contributed by atoms with E-state index in [-0.39, 0.29) is 39.3 Å². The number of rotatable bonds is 6. The molecule has 1 aromatic heterocycles. The van der Waals surface area contributed by atoms with E-state index in [0.717, 1.165) is 11.3 Å². The summed E-state index contributed by atoms with van der Waals surface area (Å²) < 4.78 is 32.3. The second-order valence-corrected chi connectivity index (χ2v) is 9.36. The summed E-state index contributed by atoms with van der Waals surface area (Å²) in [6, 6.07) is 0. The fourth-order valence-corrected chi connectivity index (χ4v) is 5.07. The molecule has 0 aliphatic carbocycles. The molecular weight excluding hydrogens is 396 g/mol. The van der Waals surface area contributed by atoms with Gasteiger partial charge < -0.3 is 19.7 Å². The zero-order chi connectivity index (χ0) is 20.2. The van der Waals surface area contributed by atoms with Crippen LogP contribution in [0.2, 0.25) is 0 Å². The van der Waals surface area contributed by atoms with Crippen molar-refractivity contribution in [3.8, 4) is 0 Å². The molecule has 1 aromatic rings. The van der Waals surface area contributed by atoms with Crippen molar-refractivity contribution in [3.63, 3.8) is 0 Å². The first-order valence-corrected chi connectivity index (χ1v) is 10.8. The lowest BCUT2D eigenvalue weighted by atomic mass is 10.1. The largest absolute Gasteiger partial charge is 0.465 e. The SMILES string of the molecule is COC(=O)c1sc(NC(=O)CCN2CCS(=O)(=O)CC2)c(C(=O)OC)c1C. The number of thiophene rings is 1. The third kappa shape index (κ3) is 5.27. The summed E-state index contributed by atoms with van der Waals surface area (Å²) in [5.74, 6) is -1.42. The van der Waals surface area contributed by atoms with Crippen molar-refractivity contribution < 1.29 is 32.3 Å². The molecule has 1 aliphatic rings. The van der Waals surface area contributed by atoms with Gasteiger partial charge in [0, 0.05) is 26.1 Å². The number of anilines is 1. The summed E-state index contributed by atoms with van der Waals surface area (Å²) in [6.07, 6.45) is 0.130. The second kappa shape index (κ2) is 8.81. The molecule has 0 radical (unpaired) electrons. The van der Waals surface area contributed by atoms with Gasteiger partial charge >= 0.3 is 11.9 Å². The number of nitrogens with one attached hydrogen (secondary N) is 1. The highest BCUT2D eigenvalue weighted by Crippen LogP contribution is 2.34. The van der Waals surface area contributed by atoms with Crippen LogP contribution in [-0.4, -0.2) is 76.5 Å². The van der Waals surface area contributed by atoms with Crippen molar-refractivity contribution in [2.45, 2.75) is 13.3 Å². The number of ether oxygens (including phenoxy) is 2. The zero-order valence-corrected chi connectivity index (χ0v) is 17.0.